The van der Waals surface area contributed by atoms with Crippen LogP contribution in [0.4, 0.5) is 11.4 Å². The summed E-state index contributed by atoms with van der Waals surface area (Å²) in [6, 6.07) is 7.56. The molecule has 0 amide bonds. The molecule has 3 N–H and O–H groups in total. The van der Waals surface area contributed by atoms with Crippen LogP contribution in [0.25, 0.3) is 0 Å². The highest BCUT2D eigenvalue weighted by Crippen LogP contribution is 2.33. The topological polar surface area (TPSA) is 61.8 Å². The van der Waals surface area contributed by atoms with E-state index in [1.165, 1.54) is 25.7 Å². The van der Waals surface area contributed by atoms with Gasteiger partial charge < -0.3 is 11.1 Å². The van der Waals surface area contributed by atoms with Gasteiger partial charge in [0.05, 0.1) is 11.3 Å². The molecule has 0 bridgehead atoms. The maximum absolute atomic E-state index is 8.74. The van der Waals surface area contributed by atoms with E-state index in [1.807, 2.05) is 12.1 Å². The molecule has 1 aromatic carbocycles. The molecular weight excluding hydrogens is 198 g/mol. The quantitative estimate of drug-likeness (QED) is 0.586. The van der Waals surface area contributed by atoms with E-state index in [0.29, 0.717) is 11.3 Å². The van der Waals surface area contributed by atoms with Crippen LogP contribution in [0, 0.1) is 17.2 Å². The van der Waals surface area contributed by atoms with Gasteiger partial charge in [0, 0.05) is 12.2 Å². The lowest BCUT2D eigenvalue weighted by atomic mass is 10.1. The minimum atomic E-state index is 0.545. The van der Waals surface area contributed by atoms with E-state index in [2.05, 4.69) is 11.4 Å². The number of nitrogens with one attached hydrogen (secondary N) is 1. The lowest BCUT2D eigenvalue weighted by Gasteiger charge is -2.07. The Morgan fingerprint density at radius 3 is 2.88 bits per heavy atom. The number of rotatable bonds is 5. The Balaban J connectivity index is 1.79. The van der Waals surface area contributed by atoms with Gasteiger partial charge in [-0.2, -0.15) is 5.26 Å². The van der Waals surface area contributed by atoms with Crippen molar-refractivity contribution in [3.63, 3.8) is 0 Å². The van der Waals surface area contributed by atoms with Crippen LogP contribution in [-0.4, -0.2) is 6.54 Å². The fourth-order valence-electron chi connectivity index (χ4n) is 1.80. The van der Waals surface area contributed by atoms with Gasteiger partial charge in [-0.25, -0.2) is 0 Å². The molecule has 3 nitrogen and oxygen atoms in total. The Kier molecular flexibility index (Phi) is 3.31. The molecule has 84 valence electrons. The number of nitrogens with zero attached hydrogens (tertiary/aromatic N) is 1. The fraction of sp³-hybridized carbons (Fsp3) is 0.462. The maximum atomic E-state index is 8.74. The molecule has 0 aromatic heterocycles. The summed E-state index contributed by atoms with van der Waals surface area (Å²) >= 11 is 0. The number of nitriles is 1. The molecule has 1 aromatic rings. The van der Waals surface area contributed by atoms with E-state index in [0.717, 1.165) is 18.2 Å². The summed E-state index contributed by atoms with van der Waals surface area (Å²) in [6.07, 6.45) is 5.39. The molecule has 0 radical (unpaired) electrons. The van der Waals surface area contributed by atoms with Crippen molar-refractivity contribution in [2.45, 2.75) is 25.7 Å². The largest absolute Gasteiger partial charge is 0.398 e. The van der Waals surface area contributed by atoms with Crippen LogP contribution in [0.3, 0.4) is 0 Å². The molecule has 0 saturated heterocycles. The monoisotopic (exact) mass is 215 g/mol. The third-order valence-corrected chi connectivity index (χ3v) is 2.99. The highest BCUT2D eigenvalue weighted by molar-refractivity contribution is 5.62. The van der Waals surface area contributed by atoms with E-state index in [1.54, 1.807) is 6.07 Å². The molecule has 2 rings (SSSR count). The Hall–Kier alpha value is -1.69. The lowest BCUT2D eigenvalue weighted by molar-refractivity contribution is 0.687. The van der Waals surface area contributed by atoms with Gasteiger partial charge in [0.2, 0.25) is 0 Å². The van der Waals surface area contributed by atoms with Crippen LogP contribution in [0.1, 0.15) is 31.2 Å². The molecule has 16 heavy (non-hydrogen) atoms. The number of hydrogen-bond acceptors (Lipinski definition) is 3. The molecule has 0 spiro atoms. The van der Waals surface area contributed by atoms with Crippen molar-refractivity contribution in [2.75, 3.05) is 17.6 Å². The highest BCUT2D eigenvalue weighted by atomic mass is 14.9. The molecule has 1 saturated carbocycles. The van der Waals surface area contributed by atoms with E-state index in [4.69, 9.17) is 11.0 Å². The molecular formula is C13H17N3. The predicted molar refractivity (Wildman–Crippen MR) is 66.0 cm³/mol. The second kappa shape index (κ2) is 4.89. The fourth-order valence-corrected chi connectivity index (χ4v) is 1.80. The minimum absolute atomic E-state index is 0.545. The van der Waals surface area contributed by atoms with Crippen molar-refractivity contribution in [1.82, 2.24) is 0 Å². The highest BCUT2D eigenvalue weighted by Gasteiger charge is 2.19. The van der Waals surface area contributed by atoms with Gasteiger partial charge in [0.1, 0.15) is 6.07 Å². The lowest BCUT2D eigenvalue weighted by Crippen LogP contribution is -2.02. The molecule has 3 heteroatoms. The summed E-state index contributed by atoms with van der Waals surface area (Å²) in [4.78, 5) is 0. The first-order valence-electron chi connectivity index (χ1n) is 5.83. The smallest absolute Gasteiger partial charge is 0.101 e. The molecule has 1 fully saturated rings. The summed E-state index contributed by atoms with van der Waals surface area (Å²) in [5.74, 6) is 0.993. The molecule has 0 atom stereocenters. The zero-order valence-electron chi connectivity index (χ0n) is 9.37. The molecule has 0 aliphatic heterocycles. The van der Waals surface area contributed by atoms with Crippen LogP contribution in [0.2, 0.25) is 0 Å². The number of nitrogens with two attached hydrogens (primary N) is 1. The molecule has 0 heterocycles. The molecule has 0 unspecified atom stereocenters. The average molecular weight is 215 g/mol. The van der Waals surface area contributed by atoms with Gasteiger partial charge >= 0.3 is 0 Å². The van der Waals surface area contributed by atoms with Crippen LogP contribution < -0.4 is 11.1 Å². The Morgan fingerprint density at radius 2 is 2.25 bits per heavy atom. The third-order valence-electron chi connectivity index (χ3n) is 2.99. The Labute approximate surface area is 96.3 Å². The SMILES string of the molecule is N#Cc1ccc(NCCCC2CC2)cc1N. The second-order valence-electron chi connectivity index (χ2n) is 4.43. The zero-order valence-corrected chi connectivity index (χ0v) is 9.37. The molecule has 1 aliphatic rings. The first-order chi connectivity index (χ1) is 7.79. The van der Waals surface area contributed by atoms with Gasteiger partial charge in [-0.1, -0.05) is 12.8 Å². The van der Waals surface area contributed by atoms with Crippen LogP contribution in [-0.2, 0) is 0 Å². The van der Waals surface area contributed by atoms with Crippen LogP contribution in [0.5, 0.6) is 0 Å². The van der Waals surface area contributed by atoms with Crippen molar-refractivity contribution in [1.29, 1.82) is 5.26 Å². The van der Waals surface area contributed by atoms with Crippen LogP contribution in [0.15, 0.2) is 18.2 Å². The Bertz CT molecular complexity index is 402. The van der Waals surface area contributed by atoms with Crippen molar-refractivity contribution in [2.24, 2.45) is 5.92 Å². The molecule has 1 aliphatic carbocycles. The first kappa shape index (κ1) is 10.8. The average Bonchev–Trinajstić information content (AvgIpc) is 3.08. The van der Waals surface area contributed by atoms with E-state index < -0.39 is 0 Å². The minimum Gasteiger partial charge on any atom is -0.398 e. The van der Waals surface area contributed by atoms with Gasteiger partial charge in [-0.3, -0.25) is 0 Å². The van der Waals surface area contributed by atoms with Gasteiger partial charge in [-0.05, 0) is 37.0 Å². The van der Waals surface area contributed by atoms with Gasteiger partial charge in [0.15, 0.2) is 0 Å². The van der Waals surface area contributed by atoms with Gasteiger partial charge in [-0.15, -0.1) is 0 Å². The van der Waals surface area contributed by atoms with E-state index >= 15 is 0 Å². The summed E-state index contributed by atoms with van der Waals surface area (Å²) in [5, 5.41) is 12.1. The van der Waals surface area contributed by atoms with Crippen LogP contribution >= 0.6 is 0 Å². The van der Waals surface area contributed by atoms with E-state index in [-0.39, 0.29) is 0 Å². The Morgan fingerprint density at radius 1 is 1.44 bits per heavy atom. The first-order valence-corrected chi connectivity index (χ1v) is 5.83. The summed E-state index contributed by atoms with van der Waals surface area (Å²) in [7, 11) is 0. The summed E-state index contributed by atoms with van der Waals surface area (Å²) in [6.45, 7) is 0.988. The number of nitrogen functional groups attached to an aromatic ring is 1. The van der Waals surface area contributed by atoms with Crippen molar-refractivity contribution < 1.29 is 0 Å². The van der Waals surface area contributed by atoms with Crippen molar-refractivity contribution >= 4 is 11.4 Å². The predicted octanol–water partition coefficient (Wildman–Crippen LogP) is 2.74. The summed E-state index contributed by atoms with van der Waals surface area (Å²) < 4.78 is 0. The number of hydrogen-bond donors (Lipinski definition) is 2. The number of anilines is 2. The third kappa shape index (κ3) is 2.90. The second-order valence-corrected chi connectivity index (χ2v) is 4.43. The summed E-state index contributed by atoms with van der Waals surface area (Å²) in [5.41, 5.74) is 7.83. The zero-order chi connectivity index (χ0) is 11.4. The standard InChI is InChI=1S/C13H17N3/c14-9-11-5-6-12(8-13(11)15)16-7-1-2-10-3-4-10/h5-6,8,10,16H,1-4,7,15H2. The van der Waals surface area contributed by atoms with Crippen molar-refractivity contribution in [3.05, 3.63) is 23.8 Å². The van der Waals surface area contributed by atoms with E-state index in [9.17, 15) is 0 Å². The maximum Gasteiger partial charge on any atom is 0.101 e. The van der Waals surface area contributed by atoms with Crippen molar-refractivity contribution in [3.8, 4) is 6.07 Å². The van der Waals surface area contributed by atoms with Gasteiger partial charge in [0.25, 0.3) is 0 Å². The normalized spacial score (nSPS) is 14.4. The number of benzene rings is 1.